The highest BCUT2D eigenvalue weighted by Gasteiger charge is 2.19. The van der Waals surface area contributed by atoms with Crippen molar-refractivity contribution in [1.29, 1.82) is 0 Å². The van der Waals surface area contributed by atoms with Crippen molar-refractivity contribution in [1.82, 2.24) is 0 Å². The van der Waals surface area contributed by atoms with Crippen molar-refractivity contribution >= 4 is 17.9 Å². The van der Waals surface area contributed by atoms with Crippen LogP contribution in [0.4, 0.5) is 0 Å². The first-order valence-electron chi connectivity index (χ1n) is 25.6. The van der Waals surface area contributed by atoms with E-state index in [0.29, 0.717) is 19.3 Å². The van der Waals surface area contributed by atoms with E-state index in [4.69, 9.17) is 14.2 Å². The summed E-state index contributed by atoms with van der Waals surface area (Å²) in [6.07, 6.45) is 64.2. The normalized spacial score (nSPS) is 12.8. The molecule has 0 saturated heterocycles. The fourth-order valence-corrected chi connectivity index (χ4v) is 6.86. The van der Waals surface area contributed by atoms with E-state index in [2.05, 4.69) is 106 Å². The molecule has 0 fully saturated rings. The van der Waals surface area contributed by atoms with Gasteiger partial charge < -0.3 is 14.2 Å². The molecule has 62 heavy (non-hydrogen) atoms. The van der Waals surface area contributed by atoms with Gasteiger partial charge in [-0.05, 0) is 96.3 Å². The van der Waals surface area contributed by atoms with Crippen molar-refractivity contribution in [3.63, 3.8) is 0 Å². The van der Waals surface area contributed by atoms with Crippen LogP contribution in [0, 0.1) is 0 Å². The summed E-state index contributed by atoms with van der Waals surface area (Å²) in [4.78, 5) is 38.0. The van der Waals surface area contributed by atoms with Gasteiger partial charge >= 0.3 is 17.9 Å². The molecule has 0 aliphatic rings. The van der Waals surface area contributed by atoms with Crippen LogP contribution in [0.15, 0.2) is 85.1 Å². The molecule has 6 nitrogen and oxygen atoms in total. The van der Waals surface area contributed by atoms with Crippen LogP contribution in [-0.2, 0) is 28.6 Å². The van der Waals surface area contributed by atoms with E-state index >= 15 is 0 Å². The Morgan fingerprint density at radius 1 is 0.355 bits per heavy atom. The molecule has 0 spiro atoms. The minimum absolute atomic E-state index is 0.0953. The number of hydrogen-bond acceptors (Lipinski definition) is 6. The third-order valence-corrected chi connectivity index (χ3v) is 10.7. The number of allylic oxidation sites excluding steroid dienone is 14. The van der Waals surface area contributed by atoms with E-state index in [-0.39, 0.29) is 31.1 Å². The van der Waals surface area contributed by atoms with Crippen LogP contribution < -0.4 is 0 Å². The van der Waals surface area contributed by atoms with Gasteiger partial charge in [-0.2, -0.15) is 0 Å². The van der Waals surface area contributed by atoms with Crippen molar-refractivity contribution < 1.29 is 28.6 Å². The molecule has 0 aliphatic carbocycles. The average molecular weight is 863 g/mol. The lowest BCUT2D eigenvalue weighted by atomic mass is 10.1. The van der Waals surface area contributed by atoms with Gasteiger partial charge in [0, 0.05) is 19.3 Å². The number of rotatable bonds is 45. The Labute approximate surface area is 382 Å². The van der Waals surface area contributed by atoms with Crippen molar-refractivity contribution in [2.24, 2.45) is 0 Å². The van der Waals surface area contributed by atoms with Gasteiger partial charge in [0.15, 0.2) is 6.10 Å². The lowest BCUT2D eigenvalue weighted by Crippen LogP contribution is -2.30. The number of hydrogen-bond donors (Lipinski definition) is 0. The SMILES string of the molecule is CC\C=C/C=C\C=C/CCCCCCCC(=O)OCC(COC(=O)CCCCCCCCC/C=C\CCCCCCCC)OC(=O)CCCCCC/C=C\C/C=C\C/C=C\CC. The van der Waals surface area contributed by atoms with Gasteiger partial charge in [-0.3, -0.25) is 14.4 Å². The van der Waals surface area contributed by atoms with Gasteiger partial charge in [0.2, 0.25) is 0 Å². The molecule has 1 atom stereocenters. The minimum Gasteiger partial charge on any atom is -0.462 e. The molecule has 0 N–H and O–H groups in total. The molecule has 0 radical (unpaired) electrons. The summed E-state index contributed by atoms with van der Waals surface area (Å²) >= 11 is 0. The van der Waals surface area contributed by atoms with Crippen molar-refractivity contribution in [3.05, 3.63) is 85.1 Å². The second-order valence-corrected chi connectivity index (χ2v) is 16.7. The predicted octanol–water partition coefficient (Wildman–Crippen LogP) is 16.8. The first-order chi connectivity index (χ1) is 30.5. The molecule has 0 bridgehead atoms. The lowest BCUT2D eigenvalue weighted by molar-refractivity contribution is -0.167. The van der Waals surface area contributed by atoms with Gasteiger partial charge in [-0.1, -0.05) is 202 Å². The molecular formula is C56H94O6. The molecule has 0 aromatic rings. The van der Waals surface area contributed by atoms with Gasteiger partial charge in [0.1, 0.15) is 13.2 Å². The predicted molar refractivity (Wildman–Crippen MR) is 265 cm³/mol. The summed E-state index contributed by atoms with van der Waals surface area (Å²) < 4.78 is 16.8. The highest BCUT2D eigenvalue weighted by atomic mass is 16.6. The summed E-state index contributed by atoms with van der Waals surface area (Å²) in [5, 5.41) is 0. The molecule has 1 unspecified atom stereocenters. The zero-order chi connectivity index (χ0) is 45.1. The fraction of sp³-hybridized carbons (Fsp3) is 0.696. The number of esters is 3. The van der Waals surface area contributed by atoms with E-state index in [1.165, 1.54) is 77.0 Å². The van der Waals surface area contributed by atoms with E-state index in [1.54, 1.807) is 0 Å². The highest BCUT2D eigenvalue weighted by molar-refractivity contribution is 5.71. The van der Waals surface area contributed by atoms with E-state index in [9.17, 15) is 14.4 Å². The Hall–Kier alpha value is -3.41. The van der Waals surface area contributed by atoms with Crippen molar-refractivity contribution in [2.45, 2.75) is 239 Å². The third-order valence-electron chi connectivity index (χ3n) is 10.7. The molecule has 0 heterocycles. The number of carbonyl (C=O) groups is 3. The zero-order valence-corrected chi connectivity index (χ0v) is 40.4. The maximum Gasteiger partial charge on any atom is 0.306 e. The lowest BCUT2D eigenvalue weighted by Gasteiger charge is -2.18. The summed E-state index contributed by atoms with van der Waals surface area (Å²) in [5.41, 5.74) is 0. The molecule has 0 amide bonds. The standard InChI is InChI=1S/C56H94O6/c1-4-7-10-13-16-19-22-25-27-28-29-32-34-37-40-43-46-49-55(58)61-52-53(51-60-54(57)48-45-42-39-36-33-30-24-21-18-15-12-9-6-3)62-56(59)50-47-44-41-38-35-31-26-23-20-17-14-11-8-5-2/h8-9,11-12,15,17-18,20-21,24-27,31,53H,4-7,10,13-14,16,19,22-23,28-30,32-52H2,1-3H3/b11-8-,12-9-,18-15-,20-17-,24-21-,27-25-,31-26-. The van der Waals surface area contributed by atoms with Crippen molar-refractivity contribution in [3.8, 4) is 0 Å². The molecule has 0 saturated carbocycles. The summed E-state index contributed by atoms with van der Waals surface area (Å²) in [7, 11) is 0. The quantitative estimate of drug-likeness (QED) is 0.0199. The van der Waals surface area contributed by atoms with Gasteiger partial charge in [0.25, 0.3) is 0 Å². The fourth-order valence-electron chi connectivity index (χ4n) is 6.86. The van der Waals surface area contributed by atoms with Crippen LogP contribution in [0.5, 0.6) is 0 Å². The van der Waals surface area contributed by atoms with E-state index < -0.39 is 6.10 Å². The smallest absolute Gasteiger partial charge is 0.306 e. The second kappa shape index (κ2) is 50.2. The Balaban J connectivity index is 4.44. The Kier molecular flexibility index (Phi) is 47.5. The van der Waals surface area contributed by atoms with E-state index in [0.717, 1.165) is 116 Å². The van der Waals surface area contributed by atoms with Gasteiger partial charge in [0.05, 0.1) is 0 Å². The van der Waals surface area contributed by atoms with Crippen LogP contribution in [-0.4, -0.2) is 37.2 Å². The monoisotopic (exact) mass is 863 g/mol. The average Bonchev–Trinajstić information content (AvgIpc) is 3.27. The molecule has 0 aromatic carbocycles. The van der Waals surface area contributed by atoms with Gasteiger partial charge in [-0.15, -0.1) is 0 Å². The Morgan fingerprint density at radius 2 is 0.710 bits per heavy atom. The van der Waals surface area contributed by atoms with Crippen LogP contribution >= 0.6 is 0 Å². The minimum atomic E-state index is -0.798. The van der Waals surface area contributed by atoms with Crippen molar-refractivity contribution in [2.75, 3.05) is 13.2 Å². The molecule has 354 valence electrons. The first kappa shape index (κ1) is 58.6. The van der Waals surface area contributed by atoms with E-state index in [1.807, 2.05) is 0 Å². The molecule has 0 aliphatic heterocycles. The highest BCUT2D eigenvalue weighted by Crippen LogP contribution is 2.14. The maximum atomic E-state index is 12.8. The summed E-state index contributed by atoms with van der Waals surface area (Å²) in [6.45, 7) is 6.34. The maximum absolute atomic E-state index is 12.8. The Morgan fingerprint density at radius 3 is 1.18 bits per heavy atom. The summed E-state index contributed by atoms with van der Waals surface area (Å²) in [6, 6.07) is 0. The van der Waals surface area contributed by atoms with Gasteiger partial charge in [-0.25, -0.2) is 0 Å². The van der Waals surface area contributed by atoms with Crippen LogP contribution in [0.25, 0.3) is 0 Å². The van der Waals surface area contributed by atoms with Crippen LogP contribution in [0.3, 0.4) is 0 Å². The number of unbranched alkanes of at least 4 members (excludes halogenated alkanes) is 22. The topological polar surface area (TPSA) is 78.9 Å². The molecule has 6 heteroatoms. The molecular weight excluding hydrogens is 769 g/mol. The third kappa shape index (κ3) is 47.6. The number of carbonyl (C=O) groups excluding carboxylic acids is 3. The number of ether oxygens (including phenoxy) is 3. The molecule has 0 aromatic heterocycles. The Bertz CT molecular complexity index is 1220. The zero-order valence-electron chi connectivity index (χ0n) is 40.4. The first-order valence-corrected chi connectivity index (χ1v) is 25.6. The van der Waals surface area contributed by atoms with Crippen LogP contribution in [0.2, 0.25) is 0 Å². The largest absolute Gasteiger partial charge is 0.462 e. The summed E-state index contributed by atoms with van der Waals surface area (Å²) in [5.74, 6) is -0.945. The van der Waals surface area contributed by atoms with Crippen LogP contribution in [0.1, 0.15) is 233 Å². The second-order valence-electron chi connectivity index (χ2n) is 16.7. The molecule has 0 rings (SSSR count).